The number of hydrogen-bond acceptors (Lipinski definition) is 3. The van der Waals surface area contributed by atoms with E-state index in [1.807, 2.05) is 50.2 Å². The molecule has 0 spiro atoms. The number of para-hydroxylation sites is 1. The Morgan fingerprint density at radius 3 is 2.71 bits per heavy atom. The topological polar surface area (TPSA) is 81.8 Å². The molecule has 2 heterocycles. The Balaban J connectivity index is 1.49. The van der Waals surface area contributed by atoms with Gasteiger partial charge in [-0.15, -0.1) is 0 Å². The number of aromatic amines is 2. The molecule has 6 heteroatoms. The van der Waals surface area contributed by atoms with E-state index < -0.39 is 0 Å². The monoisotopic (exact) mass is 414 g/mol. The van der Waals surface area contributed by atoms with Gasteiger partial charge in [-0.25, -0.2) is 4.98 Å². The van der Waals surface area contributed by atoms with Gasteiger partial charge in [-0.2, -0.15) is 0 Å². The summed E-state index contributed by atoms with van der Waals surface area (Å²) in [7, 11) is 0. The van der Waals surface area contributed by atoms with Crippen molar-refractivity contribution in [2.24, 2.45) is 0 Å². The molecule has 2 N–H and O–H groups in total. The number of hydrogen-bond donors (Lipinski definition) is 2. The van der Waals surface area contributed by atoms with Crippen LogP contribution < -0.4 is 5.56 Å². The van der Waals surface area contributed by atoms with E-state index in [1.165, 1.54) is 24.1 Å². The molecule has 1 aliphatic carbocycles. The summed E-state index contributed by atoms with van der Waals surface area (Å²) >= 11 is 0. The molecular weight excluding hydrogens is 388 g/mol. The number of aromatic nitrogens is 3. The highest BCUT2D eigenvalue weighted by molar-refractivity contribution is 5.99. The molecule has 0 unspecified atom stereocenters. The lowest BCUT2D eigenvalue weighted by atomic mass is 9.95. The molecule has 31 heavy (non-hydrogen) atoms. The SMILES string of the molecule is CC(C)N(Cc1nc2ccccc2c(=O)[nH]1)C(=O)c1ccc2[nH]c3c(c2c1)CCCC3. The first kappa shape index (κ1) is 19.5. The third-order valence-corrected chi connectivity index (χ3v) is 6.21. The molecule has 0 radical (unpaired) electrons. The predicted molar refractivity (Wildman–Crippen MR) is 122 cm³/mol. The highest BCUT2D eigenvalue weighted by atomic mass is 16.2. The van der Waals surface area contributed by atoms with E-state index in [1.54, 1.807) is 11.0 Å². The average Bonchev–Trinajstić information content (AvgIpc) is 3.15. The van der Waals surface area contributed by atoms with Gasteiger partial charge < -0.3 is 14.9 Å². The summed E-state index contributed by atoms with van der Waals surface area (Å²) < 4.78 is 0. The fraction of sp³-hybridized carbons (Fsp3) is 0.320. The van der Waals surface area contributed by atoms with Crippen molar-refractivity contribution in [1.29, 1.82) is 0 Å². The summed E-state index contributed by atoms with van der Waals surface area (Å²) in [6, 6.07) is 13.1. The second-order valence-electron chi connectivity index (χ2n) is 8.61. The Kier molecular flexibility index (Phi) is 4.85. The Labute approximate surface area is 180 Å². The van der Waals surface area contributed by atoms with Gasteiger partial charge in [0.15, 0.2) is 0 Å². The Bertz CT molecular complexity index is 1350. The summed E-state index contributed by atoms with van der Waals surface area (Å²) in [5, 5.41) is 1.71. The van der Waals surface area contributed by atoms with Crippen molar-refractivity contribution >= 4 is 27.7 Å². The zero-order chi connectivity index (χ0) is 21.5. The van der Waals surface area contributed by atoms with Gasteiger partial charge in [-0.3, -0.25) is 9.59 Å². The summed E-state index contributed by atoms with van der Waals surface area (Å²) in [6.07, 6.45) is 4.54. The first-order valence-electron chi connectivity index (χ1n) is 10.9. The van der Waals surface area contributed by atoms with Gasteiger partial charge in [0.2, 0.25) is 0 Å². The predicted octanol–water partition coefficient (Wildman–Crippen LogP) is 4.33. The zero-order valence-corrected chi connectivity index (χ0v) is 17.9. The third kappa shape index (κ3) is 3.52. The molecular formula is C25H26N4O2. The maximum absolute atomic E-state index is 13.5. The Morgan fingerprint density at radius 1 is 1.06 bits per heavy atom. The molecule has 6 nitrogen and oxygen atoms in total. The lowest BCUT2D eigenvalue weighted by Gasteiger charge is -2.26. The minimum atomic E-state index is -0.183. The number of fused-ring (bicyclic) bond motifs is 4. The van der Waals surface area contributed by atoms with E-state index in [2.05, 4.69) is 15.0 Å². The number of nitrogens with one attached hydrogen (secondary N) is 2. The van der Waals surface area contributed by atoms with Crippen LogP contribution in [0, 0.1) is 0 Å². The van der Waals surface area contributed by atoms with E-state index in [4.69, 9.17) is 0 Å². The van der Waals surface area contributed by atoms with Crippen molar-refractivity contribution in [3.05, 3.63) is 75.5 Å². The van der Waals surface area contributed by atoms with Gasteiger partial charge >= 0.3 is 0 Å². The molecule has 0 fully saturated rings. The molecule has 158 valence electrons. The lowest BCUT2D eigenvalue weighted by molar-refractivity contribution is 0.0685. The summed E-state index contributed by atoms with van der Waals surface area (Å²) in [6.45, 7) is 4.21. The van der Waals surface area contributed by atoms with Gasteiger partial charge in [-0.1, -0.05) is 12.1 Å². The minimum absolute atomic E-state index is 0.0416. The van der Waals surface area contributed by atoms with Crippen molar-refractivity contribution < 1.29 is 4.79 Å². The lowest BCUT2D eigenvalue weighted by Crippen LogP contribution is -2.37. The van der Waals surface area contributed by atoms with Crippen LogP contribution in [0.15, 0.2) is 47.3 Å². The van der Waals surface area contributed by atoms with Gasteiger partial charge in [0.1, 0.15) is 5.82 Å². The van der Waals surface area contributed by atoms with Crippen LogP contribution in [0.2, 0.25) is 0 Å². The van der Waals surface area contributed by atoms with Crippen molar-refractivity contribution in [1.82, 2.24) is 19.9 Å². The van der Waals surface area contributed by atoms with E-state index >= 15 is 0 Å². The third-order valence-electron chi connectivity index (χ3n) is 6.21. The van der Waals surface area contributed by atoms with Crippen LogP contribution in [0.3, 0.4) is 0 Å². The Morgan fingerprint density at radius 2 is 1.87 bits per heavy atom. The molecule has 4 aromatic rings. The molecule has 0 bridgehead atoms. The number of aryl methyl sites for hydroxylation is 2. The van der Waals surface area contributed by atoms with Crippen molar-refractivity contribution in [3.63, 3.8) is 0 Å². The number of nitrogens with zero attached hydrogens (tertiary/aromatic N) is 2. The van der Waals surface area contributed by atoms with Crippen LogP contribution in [0.1, 0.15) is 54.1 Å². The van der Waals surface area contributed by atoms with Gasteiger partial charge in [-0.05, 0) is 75.4 Å². The number of carbonyl (C=O) groups is 1. The second-order valence-corrected chi connectivity index (χ2v) is 8.61. The summed E-state index contributed by atoms with van der Waals surface area (Å²) in [5.41, 5.74) is 4.88. The van der Waals surface area contributed by atoms with Crippen molar-refractivity contribution in [2.45, 2.75) is 52.1 Å². The number of carbonyl (C=O) groups excluding carboxylic acids is 1. The second kappa shape index (κ2) is 7.69. The highest BCUT2D eigenvalue weighted by Crippen LogP contribution is 2.30. The largest absolute Gasteiger partial charge is 0.358 e. The first-order valence-corrected chi connectivity index (χ1v) is 10.9. The molecule has 1 amide bonds. The summed E-state index contributed by atoms with van der Waals surface area (Å²) in [5.74, 6) is 0.435. The maximum Gasteiger partial charge on any atom is 0.258 e. The van der Waals surface area contributed by atoms with Crippen LogP contribution in [0.4, 0.5) is 0 Å². The summed E-state index contributed by atoms with van der Waals surface area (Å²) in [4.78, 5) is 38.6. The standard InChI is InChI=1S/C25H26N4O2/c1-15(2)29(14-23-27-21-10-6-4-8-18(21)24(30)28-23)25(31)16-11-12-22-19(13-16)17-7-3-5-9-20(17)26-22/h4,6,8,10-13,15,26H,3,5,7,9,14H2,1-2H3,(H,27,28,30). The maximum atomic E-state index is 13.5. The number of rotatable bonds is 4. The molecule has 0 saturated carbocycles. The Hall–Kier alpha value is -3.41. The minimum Gasteiger partial charge on any atom is -0.358 e. The number of H-pyrrole nitrogens is 2. The van der Waals surface area contributed by atoms with Crippen LogP contribution in [0.5, 0.6) is 0 Å². The van der Waals surface area contributed by atoms with E-state index in [0.717, 1.165) is 23.7 Å². The average molecular weight is 415 g/mol. The molecule has 2 aromatic carbocycles. The quantitative estimate of drug-likeness (QED) is 0.521. The van der Waals surface area contributed by atoms with Crippen LogP contribution >= 0.6 is 0 Å². The van der Waals surface area contributed by atoms with Gasteiger partial charge in [0.25, 0.3) is 11.5 Å². The van der Waals surface area contributed by atoms with E-state index in [9.17, 15) is 9.59 Å². The van der Waals surface area contributed by atoms with Crippen molar-refractivity contribution in [2.75, 3.05) is 0 Å². The first-order chi connectivity index (χ1) is 15.0. The van der Waals surface area contributed by atoms with Crippen molar-refractivity contribution in [3.8, 4) is 0 Å². The fourth-order valence-corrected chi connectivity index (χ4v) is 4.56. The fourth-order valence-electron chi connectivity index (χ4n) is 4.56. The zero-order valence-electron chi connectivity index (χ0n) is 17.9. The van der Waals surface area contributed by atoms with Gasteiger partial charge in [0.05, 0.1) is 17.4 Å². The molecule has 5 rings (SSSR count). The van der Waals surface area contributed by atoms with Crippen LogP contribution in [-0.2, 0) is 19.4 Å². The van der Waals surface area contributed by atoms with E-state index in [-0.39, 0.29) is 24.1 Å². The van der Waals surface area contributed by atoms with Crippen LogP contribution in [-0.4, -0.2) is 31.8 Å². The normalized spacial score (nSPS) is 13.6. The molecule has 2 aromatic heterocycles. The highest BCUT2D eigenvalue weighted by Gasteiger charge is 2.22. The van der Waals surface area contributed by atoms with Crippen LogP contribution in [0.25, 0.3) is 21.8 Å². The number of amides is 1. The molecule has 1 aliphatic rings. The van der Waals surface area contributed by atoms with Gasteiger partial charge in [0, 0.05) is 28.2 Å². The molecule has 0 aliphatic heterocycles. The molecule has 0 saturated heterocycles. The van der Waals surface area contributed by atoms with E-state index in [0.29, 0.717) is 22.3 Å². The molecule has 0 atom stereocenters. The smallest absolute Gasteiger partial charge is 0.258 e. The number of benzene rings is 2.